The van der Waals surface area contributed by atoms with Crippen LogP contribution in [0.1, 0.15) is 51.6 Å². The molecule has 0 aromatic carbocycles. The third kappa shape index (κ3) is 4.05. The highest BCUT2D eigenvalue weighted by molar-refractivity contribution is 9.10. The van der Waals surface area contributed by atoms with Crippen molar-refractivity contribution in [2.45, 2.75) is 45.6 Å². The van der Waals surface area contributed by atoms with E-state index in [-0.39, 0.29) is 23.5 Å². The maximum absolute atomic E-state index is 12.9. The number of nitrogens with one attached hydrogen (secondary N) is 1. The summed E-state index contributed by atoms with van der Waals surface area (Å²) in [4.78, 5) is 34.7. The number of ether oxygens (including phenoxy) is 2. The second kappa shape index (κ2) is 7.85. The monoisotopic (exact) mass is 478 g/mol. The lowest BCUT2D eigenvalue weighted by atomic mass is 9.95. The standard InChI is InChI=1S/C21H27BrN4O4/c1-12-9-25(20(28)30-21(2,3)4)10-14(12)15-11-26-16(19(27)23-15)17(22)24-18(26)13-5-7-29-8-6-13/h5,11-12,14H,6-10H2,1-4H3,(H,23,27)/t12-,14-/m0/s1. The molecule has 8 nitrogen and oxygen atoms in total. The molecule has 2 atom stereocenters. The quantitative estimate of drug-likeness (QED) is 0.712. The first kappa shape index (κ1) is 21.1. The van der Waals surface area contributed by atoms with E-state index in [1.54, 1.807) is 4.90 Å². The molecule has 2 aromatic rings. The number of aromatic nitrogens is 3. The summed E-state index contributed by atoms with van der Waals surface area (Å²) in [5.41, 5.74) is 1.60. The molecule has 2 aliphatic heterocycles. The van der Waals surface area contributed by atoms with Crippen molar-refractivity contribution in [3.05, 3.63) is 38.7 Å². The summed E-state index contributed by atoms with van der Waals surface area (Å²) >= 11 is 3.43. The smallest absolute Gasteiger partial charge is 0.410 e. The number of likely N-dealkylation sites (tertiary alicyclic amines) is 1. The molecule has 1 fully saturated rings. The molecule has 0 aliphatic carbocycles. The van der Waals surface area contributed by atoms with E-state index in [1.807, 2.05) is 37.4 Å². The number of nitrogens with zero attached hydrogens (tertiary/aromatic N) is 3. The molecule has 0 radical (unpaired) electrons. The Labute approximate surface area is 183 Å². The minimum atomic E-state index is -0.541. The summed E-state index contributed by atoms with van der Waals surface area (Å²) in [6.07, 6.45) is 4.38. The summed E-state index contributed by atoms with van der Waals surface area (Å²) in [5, 5.41) is 0. The Morgan fingerprint density at radius 3 is 2.80 bits per heavy atom. The highest BCUT2D eigenvalue weighted by Crippen LogP contribution is 2.33. The summed E-state index contributed by atoms with van der Waals surface area (Å²) < 4.78 is 13.3. The predicted octanol–water partition coefficient (Wildman–Crippen LogP) is 3.56. The average Bonchev–Trinajstić information content (AvgIpc) is 3.22. The zero-order chi connectivity index (χ0) is 21.6. The number of carbonyl (C=O) groups is 1. The van der Waals surface area contributed by atoms with Gasteiger partial charge in [-0.3, -0.25) is 9.20 Å². The molecule has 0 saturated carbocycles. The van der Waals surface area contributed by atoms with Crippen molar-refractivity contribution in [3.8, 4) is 0 Å². The van der Waals surface area contributed by atoms with Crippen molar-refractivity contribution < 1.29 is 14.3 Å². The summed E-state index contributed by atoms with van der Waals surface area (Å²) in [6, 6.07) is 0. The van der Waals surface area contributed by atoms with Gasteiger partial charge in [-0.2, -0.15) is 0 Å². The number of amides is 1. The summed E-state index contributed by atoms with van der Waals surface area (Å²) in [5.74, 6) is 0.942. The fraction of sp³-hybridized carbons (Fsp3) is 0.571. The molecule has 4 heterocycles. The van der Waals surface area contributed by atoms with E-state index < -0.39 is 5.60 Å². The van der Waals surface area contributed by atoms with Crippen LogP contribution in [0.25, 0.3) is 11.1 Å². The van der Waals surface area contributed by atoms with Gasteiger partial charge in [0.15, 0.2) is 0 Å². The Kier molecular flexibility index (Phi) is 5.52. The van der Waals surface area contributed by atoms with Crippen molar-refractivity contribution in [1.82, 2.24) is 19.3 Å². The van der Waals surface area contributed by atoms with Crippen LogP contribution < -0.4 is 5.56 Å². The minimum Gasteiger partial charge on any atom is -0.444 e. The van der Waals surface area contributed by atoms with Crippen molar-refractivity contribution in [2.75, 3.05) is 26.3 Å². The van der Waals surface area contributed by atoms with Gasteiger partial charge in [0.05, 0.1) is 13.2 Å². The minimum absolute atomic E-state index is 0.00677. The molecule has 4 rings (SSSR count). The van der Waals surface area contributed by atoms with Crippen LogP contribution in [-0.2, 0) is 9.47 Å². The van der Waals surface area contributed by atoms with Crippen LogP contribution in [0.3, 0.4) is 0 Å². The maximum Gasteiger partial charge on any atom is 0.410 e. The maximum atomic E-state index is 12.9. The molecule has 2 aliphatic rings. The number of aromatic amines is 1. The third-order valence-electron chi connectivity index (χ3n) is 5.52. The van der Waals surface area contributed by atoms with E-state index >= 15 is 0 Å². The molecule has 1 N–H and O–H groups in total. The number of H-pyrrole nitrogens is 1. The lowest BCUT2D eigenvalue weighted by molar-refractivity contribution is 0.0287. The van der Waals surface area contributed by atoms with E-state index in [1.165, 1.54) is 0 Å². The van der Waals surface area contributed by atoms with Gasteiger partial charge in [0.1, 0.15) is 21.5 Å². The van der Waals surface area contributed by atoms with Gasteiger partial charge in [-0.25, -0.2) is 9.78 Å². The van der Waals surface area contributed by atoms with Gasteiger partial charge in [-0.15, -0.1) is 0 Å². The molecule has 1 saturated heterocycles. The van der Waals surface area contributed by atoms with Crippen LogP contribution in [0.5, 0.6) is 0 Å². The first-order valence-corrected chi connectivity index (χ1v) is 11.0. The first-order chi connectivity index (χ1) is 14.1. The molecule has 30 heavy (non-hydrogen) atoms. The number of carbonyl (C=O) groups excluding carboxylic acids is 1. The van der Waals surface area contributed by atoms with E-state index in [9.17, 15) is 9.59 Å². The largest absolute Gasteiger partial charge is 0.444 e. The molecular formula is C21H27BrN4O4. The molecular weight excluding hydrogens is 452 g/mol. The van der Waals surface area contributed by atoms with Crippen LogP contribution in [-0.4, -0.2) is 57.3 Å². The van der Waals surface area contributed by atoms with Gasteiger partial charge in [-0.05, 0) is 54.6 Å². The fourth-order valence-electron chi connectivity index (χ4n) is 4.09. The summed E-state index contributed by atoms with van der Waals surface area (Å²) in [6.45, 7) is 9.93. The lowest BCUT2D eigenvalue weighted by Gasteiger charge is -2.24. The molecule has 9 heteroatoms. The number of hydrogen-bond donors (Lipinski definition) is 1. The number of halogens is 1. The number of fused-ring (bicyclic) bond motifs is 1. The Hall–Kier alpha value is -2.13. The van der Waals surface area contributed by atoms with E-state index in [4.69, 9.17) is 9.47 Å². The molecule has 1 amide bonds. The summed E-state index contributed by atoms with van der Waals surface area (Å²) in [7, 11) is 0. The van der Waals surface area contributed by atoms with Gasteiger partial charge in [0.25, 0.3) is 5.56 Å². The van der Waals surface area contributed by atoms with Gasteiger partial charge in [-0.1, -0.05) is 13.0 Å². The molecule has 0 unspecified atom stereocenters. The van der Waals surface area contributed by atoms with E-state index in [0.29, 0.717) is 36.4 Å². The van der Waals surface area contributed by atoms with Crippen LogP contribution in [0.2, 0.25) is 0 Å². The number of hydrogen-bond acceptors (Lipinski definition) is 5. The highest BCUT2D eigenvalue weighted by Gasteiger charge is 2.36. The molecule has 0 bridgehead atoms. The number of rotatable bonds is 2. The van der Waals surface area contributed by atoms with Gasteiger partial charge >= 0.3 is 6.09 Å². The Bertz CT molecular complexity index is 1070. The van der Waals surface area contributed by atoms with Gasteiger partial charge in [0.2, 0.25) is 0 Å². The zero-order valence-corrected chi connectivity index (χ0v) is 19.3. The first-order valence-electron chi connectivity index (χ1n) is 10.2. The zero-order valence-electron chi connectivity index (χ0n) is 17.7. The van der Waals surface area contributed by atoms with Crippen LogP contribution in [0.4, 0.5) is 4.79 Å². The highest BCUT2D eigenvalue weighted by atomic mass is 79.9. The SMILES string of the molecule is C[C@H]1CN(C(=O)OC(C)(C)C)C[C@@H]1c1cn2c(C3=CCOCC3)nc(Br)c2c(=O)[nH]1. The molecule has 2 aromatic heterocycles. The van der Waals surface area contributed by atoms with Crippen LogP contribution in [0.15, 0.2) is 21.7 Å². The Morgan fingerprint density at radius 1 is 1.37 bits per heavy atom. The topological polar surface area (TPSA) is 88.9 Å². The van der Waals surface area contributed by atoms with Crippen LogP contribution >= 0.6 is 15.9 Å². The third-order valence-corrected chi connectivity index (χ3v) is 6.08. The van der Waals surface area contributed by atoms with Gasteiger partial charge < -0.3 is 19.4 Å². The Balaban J connectivity index is 1.69. The number of imidazole rings is 1. The van der Waals surface area contributed by atoms with Crippen molar-refractivity contribution in [3.63, 3.8) is 0 Å². The normalized spacial score (nSPS) is 22.4. The van der Waals surface area contributed by atoms with Crippen LogP contribution in [0, 0.1) is 5.92 Å². The second-order valence-corrected chi connectivity index (χ2v) is 9.76. The van der Waals surface area contributed by atoms with Gasteiger partial charge in [0, 0.05) is 30.9 Å². The molecule has 0 spiro atoms. The van der Waals surface area contributed by atoms with Crippen molar-refractivity contribution >= 4 is 33.1 Å². The van der Waals surface area contributed by atoms with Crippen molar-refractivity contribution in [2.24, 2.45) is 5.92 Å². The molecule has 162 valence electrons. The second-order valence-electron chi connectivity index (χ2n) is 9.01. The average molecular weight is 479 g/mol. The van der Waals surface area contributed by atoms with E-state index in [0.717, 1.165) is 23.5 Å². The Morgan fingerprint density at radius 2 is 2.13 bits per heavy atom. The predicted molar refractivity (Wildman–Crippen MR) is 117 cm³/mol. The lowest BCUT2D eigenvalue weighted by Crippen LogP contribution is -2.35. The van der Waals surface area contributed by atoms with E-state index in [2.05, 4.69) is 32.8 Å². The van der Waals surface area contributed by atoms with Crippen molar-refractivity contribution in [1.29, 1.82) is 0 Å². The fourth-order valence-corrected chi connectivity index (χ4v) is 4.63.